The first-order chi connectivity index (χ1) is 8.95. The summed E-state index contributed by atoms with van der Waals surface area (Å²) in [6.07, 6.45) is 1.78. The Morgan fingerprint density at radius 3 is 2.74 bits per heavy atom. The van der Waals surface area contributed by atoms with Gasteiger partial charge < -0.3 is 10.4 Å². The van der Waals surface area contributed by atoms with Gasteiger partial charge in [-0.3, -0.25) is 4.79 Å². The van der Waals surface area contributed by atoms with E-state index < -0.39 is 23.7 Å². The van der Waals surface area contributed by atoms with Crippen LogP contribution in [0.3, 0.4) is 0 Å². The van der Waals surface area contributed by atoms with Gasteiger partial charge in [0.25, 0.3) is 5.91 Å². The second-order valence-electron chi connectivity index (χ2n) is 4.13. The van der Waals surface area contributed by atoms with Gasteiger partial charge in [-0.05, 0) is 24.6 Å². The van der Waals surface area contributed by atoms with Crippen molar-refractivity contribution in [2.45, 2.75) is 32.2 Å². The van der Waals surface area contributed by atoms with Gasteiger partial charge in [-0.2, -0.15) is 0 Å². The lowest BCUT2D eigenvalue weighted by Gasteiger charge is -2.14. The maximum atomic E-state index is 13.5. The molecule has 0 heterocycles. The van der Waals surface area contributed by atoms with Crippen molar-refractivity contribution in [3.8, 4) is 0 Å². The molecule has 1 aromatic carbocycles. The number of aliphatic carboxylic acids is 1. The number of halogens is 2. The summed E-state index contributed by atoms with van der Waals surface area (Å²) in [5.74, 6) is -2.64. The summed E-state index contributed by atoms with van der Waals surface area (Å²) < 4.78 is 13.5. The molecule has 0 aliphatic heterocycles. The fraction of sp³-hybridized carbons (Fsp3) is 0.385. The molecule has 0 unspecified atom stereocenters. The fourth-order valence-electron chi connectivity index (χ4n) is 1.57. The number of benzene rings is 1. The molecule has 0 saturated heterocycles. The Bertz CT molecular complexity index is 479. The van der Waals surface area contributed by atoms with Crippen LogP contribution in [-0.2, 0) is 4.79 Å². The van der Waals surface area contributed by atoms with Crippen LogP contribution in [0.2, 0.25) is 5.02 Å². The van der Waals surface area contributed by atoms with E-state index >= 15 is 0 Å². The van der Waals surface area contributed by atoms with Crippen LogP contribution in [-0.4, -0.2) is 23.0 Å². The van der Waals surface area contributed by atoms with Crippen LogP contribution in [0.4, 0.5) is 4.39 Å². The standard InChI is InChI=1S/C13H15ClFNO3/c1-2-3-4-11(13(18)19)16-12(17)9-7-8(14)5-6-10(9)15/h5-7,11H,2-4H2,1H3,(H,16,17)(H,18,19)/t11-/m0/s1. The first-order valence-corrected chi connectivity index (χ1v) is 6.32. The normalized spacial score (nSPS) is 11.9. The van der Waals surface area contributed by atoms with Crippen molar-refractivity contribution in [1.29, 1.82) is 0 Å². The van der Waals surface area contributed by atoms with Crippen molar-refractivity contribution in [1.82, 2.24) is 5.32 Å². The molecule has 0 bridgehead atoms. The van der Waals surface area contributed by atoms with E-state index in [9.17, 15) is 14.0 Å². The van der Waals surface area contributed by atoms with Gasteiger partial charge in [0.2, 0.25) is 0 Å². The molecule has 1 atom stereocenters. The van der Waals surface area contributed by atoms with Gasteiger partial charge in [0.05, 0.1) is 5.56 Å². The summed E-state index contributed by atoms with van der Waals surface area (Å²) in [4.78, 5) is 22.8. The lowest BCUT2D eigenvalue weighted by molar-refractivity contribution is -0.139. The van der Waals surface area contributed by atoms with E-state index in [0.717, 1.165) is 12.5 Å². The number of carboxylic acids is 1. The van der Waals surface area contributed by atoms with E-state index in [4.69, 9.17) is 16.7 Å². The molecule has 6 heteroatoms. The quantitative estimate of drug-likeness (QED) is 0.845. The Hall–Kier alpha value is -1.62. The molecule has 19 heavy (non-hydrogen) atoms. The predicted octanol–water partition coefficient (Wildman–Crippen LogP) is 2.85. The van der Waals surface area contributed by atoms with Gasteiger partial charge in [0.1, 0.15) is 11.9 Å². The van der Waals surface area contributed by atoms with E-state index in [-0.39, 0.29) is 10.6 Å². The molecule has 0 aliphatic carbocycles. The van der Waals surface area contributed by atoms with Crippen LogP contribution in [0.1, 0.15) is 36.5 Å². The van der Waals surface area contributed by atoms with Crippen LogP contribution < -0.4 is 5.32 Å². The van der Waals surface area contributed by atoms with E-state index in [1.54, 1.807) is 0 Å². The first kappa shape index (κ1) is 15.4. The summed E-state index contributed by atoms with van der Waals surface area (Å²) in [6, 6.07) is 2.54. The number of unbranched alkanes of at least 4 members (excludes halogenated alkanes) is 1. The number of rotatable bonds is 6. The monoisotopic (exact) mass is 287 g/mol. The van der Waals surface area contributed by atoms with Crippen molar-refractivity contribution in [2.24, 2.45) is 0 Å². The Morgan fingerprint density at radius 2 is 2.16 bits per heavy atom. The van der Waals surface area contributed by atoms with Crippen molar-refractivity contribution in [2.75, 3.05) is 0 Å². The zero-order chi connectivity index (χ0) is 14.4. The highest BCUT2D eigenvalue weighted by Crippen LogP contribution is 2.15. The zero-order valence-electron chi connectivity index (χ0n) is 10.5. The molecular weight excluding hydrogens is 273 g/mol. The largest absolute Gasteiger partial charge is 0.480 e. The molecule has 0 radical (unpaired) electrons. The third-order valence-corrected chi connectivity index (χ3v) is 2.86. The smallest absolute Gasteiger partial charge is 0.326 e. The van der Waals surface area contributed by atoms with Crippen LogP contribution in [0, 0.1) is 5.82 Å². The van der Waals surface area contributed by atoms with E-state index in [2.05, 4.69) is 5.32 Å². The Morgan fingerprint density at radius 1 is 1.47 bits per heavy atom. The average Bonchev–Trinajstić information content (AvgIpc) is 2.36. The molecule has 0 aromatic heterocycles. The minimum atomic E-state index is -1.13. The lowest BCUT2D eigenvalue weighted by Crippen LogP contribution is -2.41. The minimum Gasteiger partial charge on any atom is -0.480 e. The molecule has 0 fully saturated rings. The first-order valence-electron chi connectivity index (χ1n) is 5.94. The number of nitrogens with one attached hydrogen (secondary N) is 1. The van der Waals surface area contributed by atoms with Gasteiger partial charge in [-0.25, -0.2) is 9.18 Å². The maximum Gasteiger partial charge on any atom is 0.326 e. The third kappa shape index (κ3) is 4.52. The van der Waals surface area contributed by atoms with Gasteiger partial charge in [-0.15, -0.1) is 0 Å². The van der Waals surface area contributed by atoms with Crippen LogP contribution in [0.5, 0.6) is 0 Å². The molecule has 0 saturated carbocycles. The highest BCUT2D eigenvalue weighted by Gasteiger charge is 2.21. The van der Waals surface area contributed by atoms with Crippen LogP contribution in [0.15, 0.2) is 18.2 Å². The van der Waals surface area contributed by atoms with E-state index in [1.807, 2.05) is 6.92 Å². The third-order valence-electron chi connectivity index (χ3n) is 2.62. The number of carbonyl (C=O) groups is 2. The van der Waals surface area contributed by atoms with E-state index in [1.165, 1.54) is 12.1 Å². The van der Waals surface area contributed by atoms with Crippen molar-refractivity contribution < 1.29 is 19.1 Å². The maximum absolute atomic E-state index is 13.5. The predicted molar refractivity (Wildman–Crippen MR) is 69.8 cm³/mol. The number of hydrogen-bond acceptors (Lipinski definition) is 2. The Kier molecular flexibility index (Phi) is 5.76. The highest BCUT2D eigenvalue weighted by atomic mass is 35.5. The SMILES string of the molecule is CCCC[C@H](NC(=O)c1cc(Cl)ccc1F)C(=O)O. The number of amides is 1. The summed E-state index contributed by atoms with van der Waals surface area (Å²) in [5.41, 5.74) is -0.254. The van der Waals surface area contributed by atoms with Gasteiger partial charge in [0, 0.05) is 5.02 Å². The zero-order valence-corrected chi connectivity index (χ0v) is 11.2. The van der Waals surface area contributed by atoms with Gasteiger partial charge in [0.15, 0.2) is 0 Å². The number of hydrogen-bond donors (Lipinski definition) is 2. The molecular formula is C13H15ClFNO3. The second-order valence-corrected chi connectivity index (χ2v) is 4.57. The highest BCUT2D eigenvalue weighted by molar-refractivity contribution is 6.31. The molecule has 0 spiro atoms. The number of carbonyl (C=O) groups excluding carboxylic acids is 1. The Labute approximate surface area is 115 Å². The van der Waals surface area contributed by atoms with Crippen LogP contribution >= 0.6 is 11.6 Å². The average molecular weight is 288 g/mol. The van der Waals surface area contributed by atoms with Crippen molar-refractivity contribution in [3.05, 3.63) is 34.6 Å². The molecule has 104 valence electrons. The Balaban J connectivity index is 2.81. The van der Waals surface area contributed by atoms with Gasteiger partial charge >= 0.3 is 5.97 Å². The summed E-state index contributed by atoms with van der Waals surface area (Å²) >= 11 is 5.68. The minimum absolute atomic E-state index is 0.215. The molecule has 2 N–H and O–H groups in total. The number of carboxylic acid groups (broad SMARTS) is 1. The topological polar surface area (TPSA) is 66.4 Å². The molecule has 0 aliphatic rings. The molecule has 1 aromatic rings. The van der Waals surface area contributed by atoms with Crippen molar-refractivity contribution in [3.63, 3.8) is 0 Å². The molecule has 4 nitrogen and oxygen atoms in total. The van der Waals surface area contributed by atoms with Crippen LogP contribution in [0.25, 0.3) is 0 Å². The summed E-state index contributed by atoms with van der Waals surface area (Å²) in [6.45, 7) is 1.91. The second kappa shape index (κ2) is 7.09. The summed E-state index contributed by atoms with van der Waals surface area (Å²) in [7, 11) is 0. The van der Waals surface area contributed by atoms with E-state index in [0.29, 0.717) is 12.8 Å². The molecule has 1 amide bonds. The lowest BCUT2D eigenvalue weighted by atomic mass is 10.1. The molecule has 1 rings (SSSR count). The van der Waals surface area contributed by atoms with Gasteiger partial charge in [-0.1, -0.05) is 31.4 Å². The fourth-order valence-corrected chi connectivity index (χ4v) is 1.75. The summed E-state index contributed by atoms with van der Waals surface area (Å²) in [5, 5.41) is 11.5. The van der Waals surface area contributed by atoms with Crippen molar-refractivity contribution >= 4 is 23.5 Å².